The van der Waals surface area contributed by atoms with Crippen LogP contribution in [0.25, 0.3) is 10.9 Å². The van der Waals surface area contributed by atoms with Crippen LogP contribution in [0.5, 0.6) is 0 Å². The highest BCUT2D eigenvalue weighted by molar-refractivity contribution is 6.30. The topological polar surface area (TPSA) is 64.0 Å². The first kappa shape index (κ1) is 16.2. The van der Waals surface area contributed by atoms with Gasteiger partial charge in [-0.2, -0.15) is 0 Å². The zero-order valence-electron chi connectivity index (χ0n) is 13.1. The first-order chi connectivity index (χ1) is 11.6. The molecule has 1 aromatic heterocycles. The number of para-hydroxylation sites is 1. The fourth-order valence-electron chi connectivity index (χ4n) is 2.57. The lowest BCUT2D eigenvalue weighted by atomic mass is 10.1. The number of amides is 1. The summed E-state index contributed by atoms with van der Waals surface area (Å²) in [7, 11) is 0. The Bertz CT molecular complexity index is 935. The zero-order valence-corrected chi connectivity index (χ0v) is 13.8. The van der Waals surface area contributed by atoms with E-state index in [-0.39, 0.29) is 11.5 Å². The highest BCUT2D eigenvalue weighted by Crippen LogP contribution is 2.17. The SMILES string of the molecule is CC[C@H](C(=O)Nc1ccc(Cl)cc1)n1cnc2ccccc2c1=O. The molecule has 3 aromatic rings. The van der Waals surface area contributed by atoms with Crippen LogP contribution in [0.3, 0.4) is 0 Å². The van der Waals surface area contributed by atoms with E-state index in [2.05, 4.69) is 10.3 Å². The maximum absolute atomic E-state index is 12.7. The number of hydrogen-bond acceptors (Lipinski definition) is 3. The van der Waals surface area contributed by atoms with Crippen LogP contribution in [0.2, 0.25) is 5.02 Å². The largest absolute Gasteiger partial charge is 0.324 e. The van der Waals surface area contributed by atoms with Crippen molar-refractivity contribution < 1.29 is 4.79 Å². The van der Waals surface area contributed by atoms with Gasteiger partial charge in [-0.25, -0.2) is 4.98 Å². The number of aromatic nitrogens is 2. The average Bonchev–Trinajstić information content (AvgIpc) is 2.60. The Labute approximate surface area is 143 Å². The Hall–Kier alpha value is -2.66. The van der Waals surface area contributed by atoms with Crippen molar-refractivity contribution in [3.05, 3.63) is 70.2 Å². The zero-order chi connectivity index (χ0) is 17.1. The number of hydrogen-bond donors (Lipinski definition) is 1. The van der Waals surface area contributed by atoms with E-state index in [0.29, 0.717) is 28.0 Å². The van der Waals surface area contributed by atoms with Gasteiger partial charge in [0.05, 0.1) is 17.2 Å². The van der Waals surface area contributed by atoms with Crippen molar-refractivity contribution in [2.45, 2.75) is 19.4 Å². The van der Waals surface area contributed by atoms with Gasteiger partial charge >= 0.3 is 0 Å². The van der Waals surface area contributed by atoms with E-state index in [9.17, 15) is 9.59 Å². The fraction of sp³-hybridized carbons (Fsp3) is 0.167. The lowest BCUT2D eigenvalue weighted by Crippen LogP contribution is -2.33. The number of halogens is 1. The van der Waals surface area contributed by atoms with Crippen molar-refractivity contribution in [3.8, 4) is 0 Å². The molecule has 2 aromatic carbocycles. The van der Waals surface area contributed by atoms with Crippen LogP contribution in [-0.2, 0) is 4.79 Å². The first-order valence-corrected chi connectivity index (χ1v) is 8.00. The van der Waals surface area contributed by atoms with Gasteiger partial charge in [-0.3, -0.25) is 14.2 Å². The molecule has 24 heavy (non-hydrogen) atoms. The number of benzene rings is 2. The molecule has 5 nitrogen and oxygen atoms in total. The second-order valence-corrected chi connectivity index (χ2v) is 5.83. The summed E-state index contributed by atoms with van der Waals surface area (Å²) >= 11 is 5.84. The average molecular weight is 342 g/mol. The molecule has 3 rings (SSSR count). The van der Waals surface area contributed by atoms with Gasteiger partial charge in [0, 0.05) is 10.7 Å². The molecule has 122 valence electrons. The molecule has 1 heterocycles. The minimum atomic E-state index is -0.634. The normalized spacial score (nSPS) is 12.1. The number of anilines is 1. The summed E-state index contributed by atoms with van der Waals surface area (Å²) in [6, 6.07) is 13.3. The second-order valence-electron chi connectivity index (χ2n) is 5.39. The van der Waals surface area contributed by atoms with Crippen LogP contribution in [0.4, 0.5) is 5.69 Å². The van der Waals surface area contributed by atoms with Crippen molar-refractivity contribution in [2.24, 2.45) is 0 Å². The maximum atomic E-state index is 12.7. The van der Waals surface area contributed by atoms with Gasteiger partial charge in [0.25, 0.3) is 5.56 Å². The number of carbonyl (C=O) groups excluding carboxylic acids is 1. The van der Waals surface area contributed by atoms with E-state index in [1.165, 1.54) is 10.9 Å². The molecule has 0 saturated heterocycles. The molecule has 1 N–H and O–H groups in total. The molecule has 0 bridgehead atoms. The summed E-state index contributed by atoms with van der Waals surface area (Å²) in [4.78, 5) is 29.5. The number of fused-ring (bicyclic) bond motifs is 1. The molecule has 0 spiro atoms. The van der Waals surface area contributed by atoms with Gasteiger partial charge in [0.15, 0.2) is 0 Å². The molecule has 0 fully saturated rings. The molecule has 0 aliphatic carbocycles. The molecule has 0 saturated carbocycles. The predicted molar refractivity (Wildman–Crippen MR) is 95.4 cm³/mol. The van der Waals surface area contributed by atoms with Gasteiger partial charge in [0.1, 0.15) is 6.04 Å². The van der Waals surface area contributed by atoms with Crippen LogP contribution in [0.1, 0.15) is 19.4 Å². The predicted octanol–water partition coefficient (Wildman–Crippen LogP) is 3.64. The van der Waals surface area contributed by atoms with Crippen LogP contribution in [0, 0.1) is 0 Å². The summed E-state index contributed by atoms with van der Waals surface area (Å²) in [6.07, 6.45) is 1.90. The Morgan fingerprint density at radius 2 is 1.92 bits per heavy atom. The molecule has 0 unspecified atom stereocenters. The summed E-state index contributed by atoms with van der Waals surface area (Å²) in [5.74, 6) is -0.265. The summed E-state index contributed by atoms with van der Waals surface area (Å²) in [5, 5.41) is 3.90. The monoisotopic (exact) mass is 341 g/mol. The molecule has 0 radical (unpaired) electrons. The van der Waals surface area contributed by atoms with E-state index in [1.807, 2.05) is 13.0 Å². The van der Waals surface area contributed by atoms with Crippen molar-refractivity contribution in [3.63, 3.8) is 0 Å². The summed E-state index contributed by atoms with van der Waals surface area (Å²) in [5.41, 5.74) is 1.02. The van der Waals surface area contributed by atoms with E-state index in [0.717, 1.165) is 0 Å². The Balaban J connectivity index is 1.93. The fourth-order valence-corrected chi connectivity index (χ4v) is 2.70. The Morgan fingerprint density at radius 1 is 1.21 bits per heavy atom. The van der Waals surface area contributed by atoms with Crippen LogP contribution in [0.15, 0.2) is 59.7 Å². The minimum Gasteiger partial charge on any atom is -0.324 e. The Morgan fingerprint density at radius 3 is 2.62 bits per heavy atom. The molecule has 0 aliphatic rings. The van der Waals surface area contributed by atoms with Gasteiger partial charge in [-0.05, 0) is 42.8 Å². The molecular formula is C18H16ClN3O2. The van der Waals surface area contributed by atoms with Gasteiger partial charge in [-0.1, -0.05) is 30.7 Å². The van der Waals surface area contributed by atoms with Crippen molar-refractivity contribution in [1.82, 2.24) is 9.55 Å². The first-order valence-electron chi connectivity index (χ1n) is 7.62. The second kappa shape index (κ2) is 6.84. The van der Waals surface area contributed by atoms with Crippen LogP contribution >= 0.6 is 11.6 Å². The highest BCUT2D eigenvalue weighted by Gasteiger charge is 2.20. The summed E-state index contributed by atoms with van der Waals surface area (Å²) in [6.45, 7) is 1.85. The van der Waals surface area contributed by atoms with E-state index < -0.39 is 6.04 Å². The lowest BCUT2D eigenvalue weighted by Gasteiger charge is -2.18. The molecule has 0 aliphatic heterocycles. The Kier molecular flexibility index (Phi) is 4.62. The van der Waals surface area contributed by atoms with Crippen LogP contribution < -0.4 is 10.9 Å². The quantitative estimate of drug-likeness (QED) is 0.788. The van der Waals surface area contributed by atoms with Crippen molar-refractivity contribution in [1.29, 1.82) is 0 Å². The third-order valence-corrected chi connectivity index (χ3v) is 4.08. The third kappa shape index (κ3) is 3.16. The third-order valence-electron chi connectivity index (χ3n) is 3.83. The number of carbonyl (C=O) groups is 1. The van der Waals surface area contributed by atoms with Crippen LogP contribution in [-0.4, -0.2) is 15.5 Å². The number of rotatable bonds is 4. The molecule has 1 amide bonds. The molecule has 6 heteroatoms. The van der Waals surface area contributed by atoms with Crippen molar-refractivity contribution in [2.75, 3.05) is 5.32 Å². The minimum absolute atomic E-state index is 0.223. The standard InChI is InChI=1S/C18H16ClN3O2/c1-2-16(17(23)21-13-9-7-12(19)8-10-13)22-11-20-15-6-4-3-5-14(15)18(22)24/h3-11,16H,2H2,1H3,(H,21,23)/t16-/m1/s1. The van der Waals surface area contributed by atoms with E-state index in [4.69, 9.17) is 11.6 Å². The maximum Gasteiger partial charge on any atom is 0.261 e. The number of nitrogens with one attached hydrogen (secondary N) is 1. The van der Waals surface area contributed by atoms with Crippen molar-refractivity contribution >= 4 is 34.1 Å². The highest BCUT2D eigenvalue weighted by atomic mass is 35.5. The molecular weight excluding hydrogens is 326 g/mol. The van der Waals surface area contributed by atoms with E-state index >= 15 is 0 Å². The summed E-state index contributed by atoms with van der Waals surface area (Å²) < 4.78 is 1.38. The lowest BCUT2D eigenvalue weighted by molar-refractivity contribution is -0.119. The molecule has 1 atom stereocenters. The van der Waals surface area contributed by atoms with E-state index in [1.54, 1.807) is 42.5 Å². The van der Waals surface area contributed by atoms with Gasteiger partial charge in [-0.15, -0.1) is 0 Å². The van der Waals surface area contributed by atoms with Gasteiger partial charge in [0.2, 0.25) is 5.91 Å². The van der Waals surface area contributed by atoms with Gasteiger partial charge < -0.3 is 5.32 Å². The number of nitrogens with zero attached hydrogens (tertiary/aromatic N) is 2. The smallest absolute Gasteiger partial charge is 0.261 e.